The van der Waals surface area contributed by atoms with Gasteiger partial charge in [-0.05, 0) is 69.0 Å². The number of nitrogens with one attached hydrogen (secondary N) is 1. The van der Waals surface area contributed by atoms with Crippen molar-refractivity contribution in [3.05, 3.63) is 59.9 Å². The van der Waals surface area contributed by atoms with E-state index in [1.807, 2.05) is 20.8 Å². The molecule has 7 heteroatoms. The van der Waals surface area contributed by atoms with Crippen LogP contribution in [0.4, 0.5) is 10.1 Å². The number of halogens is 1. The van der Waals surface area contributed by atoms with Crippen LogP contribution in [-0.2, 0) is 14.8 Å². The van der Waals surface area contributed by atoms with Crippen LogP contribution in [0.5, 0.6) is 0 Å². The Morgan fingerprint density at radius 1 is 0.967 bits per heavy atom. The van der Waals surface area contributed by atoms with Crippen molar-refractivity contribution in [1.29, 1.82) is 0 Å². The summed E-state index contributed by atoms with van der Waals surface area (Å²) < 4.78 is 41.0. The molecule has 5 nitrogen and oxygen atoms in total. The number of aryl methyl sites for hydroxylation is 1. The van der Waals surface area contributed by atoms with Gasteiger partial charge in [0.05, 0.1) is 10.6 Å². The standard InChI is InChI=1S/C23H31FN2O3S/c1-17-7-13-20(14-8-17)30(28,29)26(19-11-9-18(24)10-12-19)15-21(27)25-23(5,6)16-22(2,3)4/h7-14H,15-16H2,1-6H3,(H,25,27). The molecular weight excluding hydrogens is 403 g/mol. The van der Waals surface area contributed by atoms with Gasteiger partial charge in [0.2, 0.25) is 5.91 Å². The van der Waals surface area contributed by atoms with E-state index >= 15 is 0 Å². The van der Waals surface area contributed by atoms with Gasteiger partial charge in [0, 0.05) is 5.54 Å². The van der Waals surface area contributed by atoms with Crippen molar-refractivity contribution in [1.82, 2.24) is 5.32 Å². The second-order valence-corrected chi connectivity index (χ2v) is 11.3. The number of carbonyl (C=O) groups excluding carboxylic acids is 1. The lowest BCUT2D eigenvalue weighted by Gasteiger charge is -2.34. The molecule has 2 aromatic carbocycles. The molecule has 0 fully saturated rings. The number of nitrogens with zero attached hydrogens (tertiary/aromatic N) is 1. The predicted molar refractivity (Wildman–Crippen MR) is 118 cm³/mol. The van der Waals surface area contributed by atoms with E-state index < -0.39 is 33.8 Å². The van der Waals surface area contributed by atoms with Gasteiger partial charge in [0.15, 0.2) is 0 Å². The van der Waals surface area contributed by atoms with Gasteiger partial charge in [0.1, 0.15) is 12.4 Å². The topological polar surface area (TPSA) is 66.5 Å². The molecule has 164 valence electrons. The molecule has 0 saturated heterocycles. The fourth-order valence-corrected chi connectivity index (χ4v) is 5.10. The Labute approximate surface area is 179 Å². The first-order valence-electron chi connectivity index (χ1n) is 9.86. The summed E-state index contributed by atoms with van der Waals surface area (Å²) in [5.74, 6) is -0.911. The van der Waals surface area contributed by atoms with Crippen LogP contribution in [-0.4, -0.2) is 26.4 Å². The van der Waals surface area contributed by atoms with E-state index in [0.717, 1.165) is 9.87 Å². The number of benzene rings is 2. The Morgan fingerprint density at radius 2 is 1.50 bits per heavy atom. The molecule has 2 rings (SSSR count). The molecule has 1 amide bonds. The molecular formula is C23H31FN2O3S. The Hall–Kier alpha value is -2.41. The van der Waals surface area contributed by atoms with Gasteiger partial charge in [-0.2, -0.15) is 0 Å². The third-order valence-electron chi connectivity index (χ3n) is 4.46. The zero-order chi connectivity index (χ0) is 22.7. The van der Waals surface area contributed by atoms with Gasteiger partial charge in [-0.15, -0.1) is 0 Å². The van der Waals surface area contributed by atoms with E-state index in [4.69, 9.17) is 0 Å². The molecule has 0 bridgehead atoms. The van der Waals surface area contributed by atoms with Gasteiger partial charge in [-0.1, -0.05) is 38.5 Å². The predicted octanol–water partition coefficient (Wildman–Crippen LogP) is 4.66. The summed E-state index contributed by atoms with van der Waals surface area (Å²) in [7, 11) is -4.02. The minimum absolute atomic E-state index is 0.0125. The summed E-state index contributed by atoms with van der Waals surface area (Å²) in [4.78, 5) is 12.9. The van der Waals surface area contributed by atoms with Crippen molar-refractivity contribution in [2.75, 3.05) is 10.8 Å². The maximum atomic E-state index is 13.4. The fraction of sp³-hybridized carbons (Fsp3) is 0.435. The summed E-state index contributed by atoms with van der Waals surface area (Å²) in [5, 5.41) is 2.94. The molecule has 0 aliphatic rings. The van der Waals surface area contributed by atoms with Gasteiger partial charge < -0.3 is 5.32 Å². The molecule has 0 saturated carbocycles. The Balaban J connectivity index is 2.36. The van der Waals surface area contributed by atoms with Crippen LogP contribution in [0.2, 0.25) is 0 Å². The van der Waals surface area contributed by atoms with Crippen molar-refractivity contribution in [2.45, 2.75) is 58.4 Å². The average molecular weight is 435 g/mol. The van der Waals surface area contributed by atoms with Crippen molar-refractivity contribution >= 4 is 21.6 Å². The minimum Gasteiger partial charge on any atom is -0.350 e. The zero-order valence-corrected chi connectivity index (χ0v) is 19.3. The summed E-state index contributed by atoms with van der Waals surface area (Å²) in [6.07, 6.45) is 0.715. The maximum Gasteiger partial charge on any atom is 0.264 e. The van der Waals surface area contributed by atoms with E-state index in [1.54, 1.807) is 12.1 Å². The van der Waals surface area contributed by atoms with E-state index in [0.29, 0.717) is 6.42 Å². The Kier molecular flexibility index (Phi) is 6.97. The first-order chi connectivity index (χ1) is 13.7. The average Bonchev–Trinajstić information content (AvgIpc) is 2.58. The highest BCUT2D eigenvalue weighted by Crippen LogP contribution is 2.28. The smallest absolute Gasteiger partial charge is 0.264 e. The zero-order valence-electron chi connectivity index (χ0n) is 18.5. The molecule has 0 unspecified atom stereocenters. The number of rotatable bonds is 7. The summed E-state index contributed by atoms with van der Waals surface area (Å²) >= 11 is 0. The van der Waals surface area contributed by atoms with Crippen LogP contribution in [0.15, 0.2) is 53.4 Å². The molecule has 0 aliphatic carbocycles. The summed E-state index contributed by atoms with van der Waals surface area (Å²) in [6.45, 7) is 11.5. The minimum atomic E-state index is -4.02. The number of amides is 1. The van der Waals surface area contributed by atoms with E-state index in [-0.39, 0.29) is 16.0 Å². The lowest BCUT2D eigenvalue weighted by Crippen LogP contribution is -2.50. The molecule has 0 spiro atoms. The Bertz CT molecular complexity index is 977. The third kappa shape index (κ3) is 6.55. The van der Waals surface area contributed by atoms with Crippen LogP contribution in [0, 0.1) is 18.2 Å². The monoisotopic (exact) mass is 434 g/mol. The SMILES string of the molecule is Cc1ccc(S(=O)(=O)N(CC(=O)NC(C)(C)CC(C)(C)C)c2ccc(F)cc2)cc1. The second-order valence-electron chi connectivity index (χ2n) is 9.47. The van der Waals surface area contributed by atoms with Crippen LogP contribution in [0.3, 0.4) is 0 Å². The van der Waals surface area contributed by atoms with Gasteiger partial charge in [-0.3, -0.25) is 9.10 Å². The molecule has 30 heavy (non-hydrogen) atoms. The number of anilines is 1. The first-order valence-corrected chi connectivity index (χ1v) is 11.3. The van der Waals surface area contributed by atoms with Gasteiger partial charge >= 0.3 is 0 Å². The normalized spacial score (nSPS) is 12.5. The van der Waals surface area contributed by atoms with E-state index in [9.17, 15) is 17.6 Å². The van der Waals surface area contributed by atoms with Crippen LogP contribution in [0.25, 0.3) is 0 Å². The lowest BCUT2D eigenvalue weighted by atomic mass is 9.82. The van der Waals surface area contributed by atoms with E-state index in [1.165, 1.54) is 36.4 Å². The largest absolute Gasteiger partial charge is 0.350 e. The molecule has 0 aliphatic heterocycles. The van der Waals surface area contributed by atoms with Crippen LogP contribution in [0.1, 0.15) is 46.6 Å². The number of hydrogen-bond donors (Lipinski definition) is 1. The summed E-state index contributed by atoms with van der Waals surface area (Å²) in [5.41, 5.74) is 0.614. The fourth-order valence-electron chi connectivity index (χ4n) is 3.68. The molecule has 1 N–H and O–H groups in total. The second kappa shape index (κ2) is 8.76. The van der Waals surface area contributed by atoms with Crippen LogP contribution < -0.4 is 9.62 Å². The highest BCUT2D eigenvalue weighted by Gasteiger charge is 2.31. The quantitative estimate of drug-likeness (QED) is 0.689. The highest BCUT2D eigenvalue weighted by atomic mass is 32.2. The maximum absolute atomic E-state index is 13.4. The molecule has 0 atom stereocenters. The van der Waals surface area contributed by atoms with Crippen LogP contribution >= 0.6 is 0 Å². The molecule has 0 radical (unpaired) electrons. The third-order valence-corrected chi connectivity index (χ3v) is 6.25. The molecule has 0 heterocycles. The Morgan fingerprint density at radius 3 is 2.00 bits per heavy atom. The summed E-state index contributed by atoms with van der Waals surface area (Å²) in [6, 6.07) is 11.5. The van der Waals surface area contributed by atoms with Crippen molar-refractivity contribution in [3.8, 4) is 0 Å². The van der Waals surface area contributed by atoms with Crippen molar-refractivity contribution in [3.63, 3.8) is 0 Å². The highest BCUT2D eigenvalue weighted by molar-refractivity contribution is 7.92. The van der Waals surface area contributed by atoms with Crippen molar-refractivity contribution < 1.29 is 17.6 Å². The van der Waals surface area contributed by atoms with Crippen molar-refractivity contribution in [2.24, 2.45) is 5.41 Å². The number of hydrogen-bond acceptors (Lipinski definition) is 3. The number of sulfonamides is 1. The van der Waals surface area contributed by atoms with E-state index in [2.05, 4.69) is 26.1 Å². The molecule has 0 aromatic heterocycles. The number of carbonyl (C=O) groups is 1. The first kappa shape index (κ1) is 23.9. The molecule has 2 aromatic rings. The van der Waals surface area contributed by atoms with Gasteiger partial charge in [-0.25, -0.2) is 12.8 Å². The lowest BCUT2D eigenvalue weighted by molar-refractivity contribution is -0.121. The van der Waals surface area contributed by atoms with Gasteiger partial charge in [0.25, 0.3) is 10.0 Å².